The SMILES string of the molecule is O=C(O)c1ccc(N=Cc2ccc(-c3ccc(C(=O)O)c(Cl)c3)o2)cc1. The molecule has 3 rings (SSSR count). The molecule has 0 aliphatic carbocycles. The van der Waals surface area contributed by atoms with E-state index in [-0.39, 0.29) is 16.1 Å². The predicted octanol–water partition coefficient (Wildman–Crippen LogP) is 4.75. The zero-order valence-corrected chi connectivity index (χ0v) is 14.0. The molecule has 1 heterocycles. The lowest BCUT2D eigenvalue weighted by atomic mass is 10.1. The van der Waals surface area contributed by atoms with Crippen LogP contribution in [0.3, 0.4) is 0 Å². The van der Waals surface area contributed by atoms with Crippen molar-refractivity contribution in [2.24, 2.45) is 4.99 Å². The van der Waals surface area contributed by atoms with Crippen LogP contribution in [-0.2, 0) is 0 Å². The van der Waals surface area contributed by atoms with Gasteiger partial charge in [0.05, 0.1) is 28.1 Å². The van der Waals surface area contributed by atoms with Gasteiger partial charge in [-0.25, -0.2) is 9.59 Å². The molecule has 2 aromatic carbocycles. The third kappa shape index (κ3) is 3.81. The molecule has 0 atom stereocenters. The van der Waals surface area contributed by atoms with E-state index >= 15 is 0 Å². The van der Waals surface area contributed by atoms with Crippen LogP contribution in [0.5, 0.6) is 0 Å². The molecule has 0 saturated carbocycles. The summed E-state index contributed by atoms with van der Waals surface area (Å²) in [5, 5.41) is 18.0. The van der Waals surface area contributed by atoms with Crippen molar-refractivity contribution < 1.29 is 24.2 Å². The van der Waals surface area contributed by atoms with Crippen molar-refractivity contribution in [2.75, 3.05) is 0 Å². The highest BCUT2D eigenvalue weighted by Crippen LogP contribution is 2.27. The summed E-state index contributed by atoms with van der Waals surface area (Å²) in [6.07, 6.45) is 1.51. The summed E-state index contributed by atoms with van der Waals surface area (Å²) >= 11 is 5.97. The van der Waals surface area contributed by atoms with Gasteiger partial charge in [0.25, 0.3) is 0 Å². The first kappa shape index (κ1) is 17.4. The van der Waals surface area contributed by atoms with E-state index in [0.717, 1.165) is 0 Å². The summed E-state index contributed by atoms with van der Waals surface area (Å²) in [5.74, 6) is -1.08. The highest BCUT2D eigenvalue weighted by molar-refractivity contribution is 6.33. The molecule has 0 spiro atoms. The van der Waals surface area contributed by atoms with E-state index in [2.05, 4.69) is 4.99 Å². The molecule has 0 saturated heterocycles. The molecule has 0 aliphatic heterocycles. The largest absolute Gasteiger partial charge is 0.478 e. The number of hydrogen-bond acceptors (Lipinski definition) is 4. The van der Waals surface area contributed by atoms with Crippen molar-refractivity contribution in [1.82, 2.24) is 0 Å². The van der Waals surface area contributed by atoms with Crippen LogP contribution in [0.2, 0.25) is 5.02 Å². The zero-order valence-electron chi connectivity index (χ0n) is 13.2. The molecular weight excluding hydrogens is 358 g/mol. The Morgan fingerprint density at radius 1 is 0.962 bits per heavy atom. The fraction of sp³-hybridized carbons (Fsp3) is 0. The van der Waals surface area contributed by atoms with Crippen molar-refractivity contribution >= 4 is 35.4 Å². The van der Waals surface area contributed by atoms with E-state index in [1.54, 1.807) is 30.3 Å². The Morgan fingerprint density at radius 2 is 1.69 bits per heavy atom. The maximum Gasteiger partial charge on any atom is 0.337 e. The van der Waals surface area contributed by atoms with Gasteiger partial charge in [-0.05, 0) is 48.5 Å². The maximum absolute atomic E-state index is 11.0. The minimum atomic E-state index is -1.09. The minimum absolute atomic E-state index is 0.0218. The number of hydrogen-bond donors (Lipinski definition) is 2. The van der Waals surface area contributed by atoms with Crippen LogP contribution in [0.15, 0.2) is 64.0 Å². The number of benzene rings is 2. The van der Waals surface area contributed by atoms with Crippen molar-refractivity contribution in [2.45, 2.75) is 0 Å². The van der Waals surface area contributed by atoms with E-state index in [9.17, 15) is 9.59 Å². The quantitative estimate of drug-likeness (QED) is 0.632. The normalized spacial score (nSPS) is 11.0. The Hall–Kier alpha value is -3.38. The summed E-state index contributed by atoms with van der Waals surface area (Å²) in [5.41, 5.74) is 1.44. The third-order valence-electron chi connectivity index (χ3n) is 3.57. The van der Waals surface area contributed by atoms with E-state index in [1.165, 1.54) is 30.5 Å². The highest BCUT2D eigenvalue weighted by atomic mass is 35.5. The Balaban J connectivity index is 1.78. The fourth-order valence-corrected chi connectivity index (χ4v) is 2.51. The average Bonchev–Trinajstić information content (AvgIpc) is 3.09. The molecule has 2 N–H and O–H groups in total. The summed E-state index contributed by atoms with van der Waals surface area (Å²) in [4.78, 5) is 26.0. The smallest absolute Gasteiger partial charge is 0.337 e. The third-order valence-corrected chi connectivity index (χ3v) is 3.88. The van der Waals surface area contributed by atoms with Gasteiger partial charge >= 0.3 is 11.9 Å². The predicted molar refractivity (Wildman–Crippen MR) is 96.8 cm³/mol. The van der Waals surface area contributed by atoms with E-state index in [0.29, 0.717) is 22.8 Å². The summed E-state index contributed by atoms with van der Waals surface area (Å²) in [6, 6.07) is 14.1. The highest BCUT2D eigenvalue weighted by Gasteiger charge is 2.11. The van der Waals surface area contributed by atoms with Crippen LogP contribution >= 0.6 is 11.6 Å². The van der Waals surface area contributed by atoms with Crippen LogP contribution in [0.4, 0.5) is 5.69 Å². The zero-order chi connectivity index (χ0) is 18.7. The first-order valence-electron chi connectivity index (χ1n) is 7.44. The van der Waals surface area contributed by atoms with Gasteiger partial charge < -0.3 is 14.6 Å². The topological polar surface area (TPSA) is 100 Å². The molecule has 3 aromatic rings. The van der Waals surface area contributed by atoms with E-state index in [4.69, 9.17) is 26.2 Å². The molecule has 6 nitrogen and oxygen atoms in total. The number of furan rings is 1. The number of aliphatic imine (C=N–C) groups is 1. The Labute approximate surface area is 153 Å². The van der Waals surface area contributed by atoms with E-state index < -0.39 is 11.9 Å². The summed E-state index contributed by atoms with van der Waals surface area (Å²) in [7, 11) is 0. The Kier molecular flexibility index (Phi) is 4.86. The number of carbonyl (C=O) groups is 2. The number of aromatic carboxylic acids is 2. The van der Waals surface area contributed by atoms with Crippen LogP contribution in [-0.4, -0.2) is 28.4 Å². The van der Waals surface area contributed by atoms with Gasteiger partial charge in [-0.2, -0.15) is 0 Å². The number of carboxylic acid groups (broad SMARTS) is 2. The van der Waals surface area contributed by atoms with Crippen molar-refractivity contribution in [3.8, 4) is 11.3 Å². The van der Waals surface area contributed by atoms with Gasteiger partial charge in [-0.1, -0.05) is 17.7 Å². The Morgan fingerprint density at radius 3 is 2.31 bits per heavy atom. The lowest BCUT2D eigenvalue weighted by Crippen LogP contribution is -1.96. The molecule has 130 valence electrons. The first-order valence-corrected chi connectivity index (χ1v) is 7.82. The minimum Gasteiger partial charge on any atom is -0.478 e. The van der Waals surface area contributed by atoms with Crippen LogP contribution < -0.4 is 0 Å². The summed E-state index contributed by atoms with van der Waals surface area (Å²) in [6.45, 7) is 0. The molecule has 7 heteroatoms. The molecule has 0 bridgehead atoms. The number of nitrogens with zero attached hydrogens (tertiary/aromatic N) is 1. The van der Waals surface area contributed by atoms with Gasteiger partial charge in [-0.15, -0.1) is 0 Å². The van der Waals surface area contributed by atoms with Crippen LogP contribution in [0.1, 0.15) is 26.5 Å². The van der Waals surface area contributed by atoms with Gasteiger partial charge in [0.2, 0.25) is 0 Å². The molecule has 26 heavy (non-hydrogen) atoms. The Bertz CT molecular complexity index is 1010. The van der Waals surface area contributed by atoms with Crippen molar-refractivity contribution in [3.05, 3.63) is 76.5 Å². The summed E-state index contributed by atoms with van der Waals surface area (Å²) < 4.78 is 5.66. The first-order chi connectivity index (χ1) is 12.4. The number of rotatable bonds is 5. The number of halogens is 1. The van der Waals surface area contributed by atoms with Gasteiger partial charge in [0, 0.05) is 5.56 Å². The van der Waals surface area contributed by atoms with Gasteiger partial charge in [0.15, 0.2) is 0 Å². The van der Waals surface area contributed by atoms with Crippen molar-refractivity contribution in [3.63, 3.8) is 0 Å². The average molecular weight is 370 g/mol. The molecular formula is C19H12ClNO5. The number of carboxylic acids is 2. The van der Waals surface area contributed by atoms with Gasteiger partial charge in [0.1, 0.15) is 11.5 Å². The molecule has 0 aliphatic rings. The second kappa shape index (κ2) is 7.25. The maximum atomic E-state index is 11.0. The second-order valence-electron chi connectivity index (χ2n) is 5.31. The molecule has 0 fully saturated rings. The molecule has 1 aromatic heterocycles. The van der Waals surface area contributed by atoms with Crippen LogP contribution in [0, 0.1) is 0 Å². The van der Waals surface area contributed by atoms with Crippen molar-refractivity contribution in [1.29, 1.82) is 0 Å². The second-order valence-corrected chi connectivity index (χ2v) is 5.72. The lowest BCUT2D eigenvalue weighted by Gasteiger charge is -2.01. The standard InChI is InChI=1S/C19H12ClNO5/c20-16-9-12(3-7-15(16)19(24)25)17-8-6-14(26-17)10-21-13-4-1-11(2-5-13)18(22)23/h1-10H,(H,22,23)(H,24,25). The fourth-order valence-electron chi connectivity index (χ4n) is 2.25. The molecule has 0 radical (unpaired) electrons. The molecule has 0 unspecified atom stereocenters. The van der Waals surface area contributed by atoms with Gasteiger partial charge in [-0.3, -0.25) is 4.99 Å². The lowest BCUT2D eigenvalue weighted by molar-refractivity contribution is 0.0686. The van der Waals surface area contributed by atoms with E-state index in [1.807, 2.05) is 0 Å². The molecule has 0 amide bonds. The van der Waals surface area contributed by atoms with Crippen LogP contribution in [0.25, 0.3) is 11.3 Å². The monoisotopic (exact) mass is 369 g/mol.